The standard InChI is InChI=1S/C47H60N2O15/c1-46(2,3)63-37(52)18-17-32(24-50)49-43(57)28-10-6-8-26(20-28)23-48-42(56)29-21-34(41-35(22-29)62-47(64-41,30-13-14-30)31-15-16-31)60-44(58)33-12-5-4-9-27(33)11-7-19-59-45-40(55)39(54)38(53)36(25-51)61-45/h4-12,20,22,30-32,34-36,38-41,45,50-51,53-55H,13-19,21,23-25H2,1-3H3,(H,48,56)(H,49,57)/t32-,34+,35+,36+,38-,39-,40+,41-,45-/m0/s1. The lowest BCUT2D eigenvalue weighted by molar-refractivity contribution is -0.298. The number of aliphatic hydroxyl groups is 5. The molecule has 64 heavy (non-hydrogen) atoms. The Morgan fingerprint density at radius 2 is 1.66 bits per heavy atom. The monoisotopic (exact) mass is 892 g/mol. The van der Waals surface area contributed by atoms with E-state index >= 15 is 0 Å². The molecule has 0 radical (unpaired) electrons. The SMILES string of the molecule is CC(C)(C)OC(=O)CC[C@@H](CO)NC(=O)c1cccc(CNC(=O)C2=C[C@H]3OC(C4CC4)(C4CC4)O[C@H]3[C@H](OC(=O)c3ccccc3C=CCO[C@H]3O[C@H](CO)[C@H](O)[C@H](O)[C@H]3O)C2)c1. The third kappa shape index (κ3) is 11.4. The molecule has 9 atom stereocenters. The van der Waals surface area contributed by atoms with Crippen LogP contribution in [0.4, 0.5) is 0 Å². The number of fused-ring (bicyclic) bond motifs is 1. The maximum Gasteiger partial charge on any atom is 0.339 e. The van der Waals surface area contributed by atoms with Crippen LogP contribution in [-0.4, -0.2) is 136 Å². The first kappa shape index (κ1) is 47.4. The predicted octanol–water partition coefficient (Wildman–Crippen LogP) is 2.20. The smallest absolute Gasteiger partial charge is 0.339 e. The van der Waals surface area contributed by atoms with Crippen molar-refractivity contribution in [1.82, 2.24) is 10.6 Å². The molecule has 348 valence electrons. The molecule has 17 nitrogen and oxygen atoms in total. The summed E-state index contributed by atoms with van der Waals surface area (Å²) in [7, 11) is 0. The van der Waals surface area contributed by atoms with Gasteiger partial charge in [-0.15, -0.1) is 0 Å². The third-order valence-corrected chi connectivity index (χ3v) is 12.0. The van der Waals surface area contributed by atoms with E-state index in [2.05, 4.69) is 10.6 Å². The molecule has 7 N–H and O–H groups in total. The summed E-state index contributed by atoms with van der Waals surface area (Å²) in [4.78, 5) is 53.3. The van der Waals surface area contributed by atoms with Crippen molar-refractivity contribution in [2.75, 3.05) is 19.8 Å². The van der Waals surface area contributed by atoms with Crippen LogP contribution in [0.5, 0.6) is 0 Å². The number of hydrogen-bond acceptors (Lipinski definition) is 15. The Kier molecular flexibility index (Phi) is 15.0. The van der Waals surface area contributed by atoms with Gasteiger partial charge in [-0.1, -0.05) is 42.5 Å². The number of esters is 2. The number of aliphatic hydroxyl groups excluding tert-OH is 5. The zero-order valence-electron chi connectivity index (χ0n) is 36.3. The Hall–Kier alpha value is -4.56. The fraction of sp³-hybridized carbons (Fsp3) is 0.574. The molecule has 0 spiro atoms. The quantitative estimate of drug-likeness (QED) is 0.106. The van der Waals surface area contributed by atoms with Crippen LogP contribution in [0.15, 0.2) is 66.3 Å². The van der Waals surface area contributed by atoms with E-state index in [1.54, 1.807) is 87.5 Å². The molecule has 17 heteroatoms. The number of rotatable bonds is 18. The van der Waals surface area contributed by atoms with E-state index in [0.29, 0.717) is 22.3 Å². The van der Waals surface area contributed by atoms with E-state index in [1.807, 2.05) is 0 Å². The van der Waals surface area contributed by atoms with Crippen molar-refractivity contribution in [3.05, 3.63) is 88.5 Å². The Labute approximate surface area is 371 Å². The lowest BCUT2D eigenvalue weighted by atomic mass is 9.91. The fourth-order valence-corrected chi connectivity index (χ4v) is 8.41. The van der Waals surface area contributed by atoms with Crippen LogP contribution >= 0.6 is 0 Å². The van der Waals surface area contributed by atoms with Crippen molar-refractivity contribution in [2.45, 2.75) is 139 Å². The summed E-state index contributed by atoms with van der Waals surface area (Å²) < 4.78 is 36.0. The number of carbonyl (C=O) groups is 4. The number of carbonyl (C=O) groups excluding carboxylic acids is 4. The van der Waals surface area contributed by atoms with E-state index in [4.69, 9.17) is 28.4 Å². The molecule has 2 saturated carbocycles. The molecule has 2 aromatic rings. The summed E-state index contributed by atoms with van der Waals surface area (Å²) in [6.07, 6.45) is -0.225. The Morgan fingerprint density at radius 1 is 0.922 bits per heavy atom. The second-order valence-electron chi connectivity index (χ2n) is 18.2. The highest BCUT2D eigenvalue weighted by Gasteiger charge is 2.64. The lowest BCUT2D eigenvalue weighted by Gasteiger charge is -2.39. The first-order valence-corrected chi connectivity index (χ1v) is 22.0. The summed E-state index contributed by atoms with van der Waals surface area (Å²) in [6.45, 7) is 4.28. The normalized spacial score (nSPS) is 28.2. The van der Waals surface area contributed by atoms with Gasteiger partial charge in [-0.2, -0.15) is 0 Å². The third-order valence-electron chi connectivity index (χ3n) is 12.0. The van der Waals surface area contributed by atoms with Crippen molar-refractivity contribution in [1.29, 1.82) is 0 Å². The van der Waals surface area contributed by atoms with Gasteiger partial charge in [0.25, 0.3) is 5.91 Å². The van der Waals surface area contributed by atoms with E-state index in [1.165, 1.54) is 0 Å². The number of amides is 2. The lowest BCUT2D eigenvalue weighted by Crippen LogP contribution is -2.59. The average molecular weight is 893 g/mol. The summed E-state index contributed by atoms with van der Waals surface area (Å²) in [5, 5.41) is 55.5. The molecule has 4 fully saturated rings. The van der Waals surface area contributed by atoms with Gasteiger partial charge in [-0.05, 0) is 88.3 Å². The van der Waals surface area contributed by atoms with Crippen LogP contribution in [0.1, 0.15) is 97.6 Å². The number of ether oxygens (including phenoxy) is 6. The number of nitrogens with one attached hydrogen (secondary N) is 2. The highest BCUT2D eigenvalue weighted by Crippen LogP contribution is 2.59. The summed E-state index contributed by atoms with van der Waals surface area (Å²) in [5.74, 6) is -2.32. The minimum Gasteiger partial charge on any atom is -0.460 e. The van der Waals surface area contributed by atoms with Gasteiger partial charge in [0.2, 0.25) is 5.91 Å². The molecule has 0 bridgehead atoms. The number of benzene rings is 2. The number of hydrogen-bond donors (Lipinski definition) is 7. The molecular weight excluding hydrogens is 833 g/mol. The highest BCUT2D eigenvalue weighted by atomic mass is 16.8. The van der Waals surface area contributed by atoms with Crippen LogP contribution < -0.4 is 10.6 Å². The van der Waals surface area contributed by atoms with Crippen molar-refractivity contribution in [2.24, 2.45) is 11.8 Å². The zero-order valence-corrected chi connectivity index (χ0v) is 36.3. The van der Waals surface area contributed by atoms with Gasteiger partial charge in [0.15, 0.2) is 12.1 Å². The van der Waals surface area contributed by atoms with Crippen molar-refractivity contribution in [3.63, 3.8) is 0 Å². The molecule has 2 amide bonds. The summed E-state index contributed by atoms with van der Waals surface area (Å²) in [5.41, 5.74) is 1.37. The maximum atomic E-state index is 14.0. The van der Waals surface area contributed by atoms with E-state index in [9.17, 15) is 44.7 Å². The topological polar surface area (TPSA) is 249 Å². The first-order chi connectivity index (χ1) is 30.6. The second-order valence-corrected chi connectivity index (χ2v) is 18.2. The maximum absolute atomic E-state index is 14.0. The molecule has 2 saturated heterocycles. The van der Waals surface area contributed by atoms with E-state index in [-0.39, 0.29) is 56.4 Å². The largest absolute Gasteiger partial charge is 0.460 e. The van der Waals surface area contributed by atoms with E-state index < -0.39 is 96.8 Å². The van der Waals surface area contributed by atoms with Crippen LogP contribution in [0, 0.1) is 11.8 Å². The van der Waals surface area contributed by atoms with Gasteiger partial charge in [0.1, 0.15) is 48.3 Å². The summed E-state index contributed by atoms with van der Waals surface area (Å²) >= 11 is 0. The van der Waals surface area contributed by atoms with Crippen molar-refractivity contribution in [3.8, 4) is 0 Å². The van der Waals surface area contributed by atoms with Gasteiger partial charge in [-0.25, -0.2) is 4.79 Å². The Bertz CT molecular complexity index is 2040. The molecule has 2 aliphatic heterocycles. The Morgan fingerprint density at radius 3 is 2.34 bits per heavy atom. The second kappa shape index (κ2) is 20.3. The summed E-state index contributed by atoms with van der Waals surface area (Å²) in [6, 6.07) is 12.8. The highest BCUT2D eigenvalue weighted by molar-refractivity contribution is 5.96. The van der Waals surface area contributed by atoms with Gasteiger partial charge in [-0.3, -0.25) is 14.4 Å². The molecule has 2 aromatic carbocycles. The first-order valence-electron chi connectivity index (χ1n) is 22.0. The zero-order chi connectivity index (χ0) is 45.8. The van der Waals surface area contributed by atoms with Crippen LogP contribution in [0.3, 0.4) is 0 Å². The van der Waals surface area contributed by atoms with Crippen LogP contribution in [0.25, 0.3) is 6.08 Å². The molecule has 3 aliphatic carbocycles. The van der Waals surface area contributed by atoms with Gasteiger partial charge >= 0.3 is 11.9 Å². The molecule has 5 aliphatic rings. The minimum absolute atomic E-state index is 0.0195. The van der Waals surface area contributed by atoms with Gasteiger partial charge in [0.05, 0.1) is 31.4 Å². The Balaban J connectivity index is 0.996. The van der Waals surface area contributed by atoms with Crippen LogP contribution in [0.2, 0.25) is 0 Å². The molecule has 0 aromatic heterocycles. The van der Waals surface area contributed by atoms with Gasteiger partial charge < -0.3 is 64.6 Å². The van der Waals surface area contributed by atoms with E-state index in [0.717, 1.165) is 25.7 Å². The van der Waals surface area contributed by atoms with Crippen molar-refractivity contribution < 1.29 is 73.1 Å². The minimum atomic E-state index is -1.58. The fourth-order valence-electron chi connectivity index (χ4n) is 8.41. The molecule has 2 heterocycles. The van der Waals surface area contributed by atoms with Gasteiger partial charge in [0, 0.05) is 42.4 Å². The molecule has 0 unspecified atom stereocenters. The molecular formula is C47H60N2O15. The van der Waals surface area contributed by atoms with Crippen molar-refractivity contribution >= 4 is 29.8 Å². The predicted molar refractivity (Wildman–Crippen MR) is 227 cm³/mol. The average Bonchev–Trinajstić information content (AvgIpc) is 4.23. The molecule has 7 rings (SSSR count). The van der Waals surface area contributed by atoms with Crippen LogP contribution in [-0.2, 0) is 44.6 Å².